The van der Waals surface area contributed by atoms with Gasteiger partial charge in [-0.25, -0.2) is 8.42 Å². The number of aliphatic hydroxyl groups excluding tert-OH is 1. The first-order chi connectivity index (χ1) is 8.21. The molecule has 0 heterocycles. The van der Waals surface area contributed by atoms with Crippen LogP contribution in [-0.4, -0.2) is 31.9 Å². The van der Waals surface area contributed by atoms with Crippen LogP contribution in [0.15, 0.2) is 29.2 Å². The summed E-state index contributed by atoms with van der Waals surface area (Å²) in [6.07, 6.45) is 1.20. The fourth-order valence-electron chi connectivity index (χ4n) is 1.76. The van der Waals surface area contributed by atoms with Crippen molar-refractivity contribution in [3.8, 4) is 0 Å². The van der Waals surface area contributed by atoms with Crippen molar-refractivity contribution in [3.63, 3.8) is 0 Å². The van der Waals surface area contributed by atoms with Crippen LogP contribution in [0.5, 0.6) is 0 Å². The standard InChI is InChI=1S/C13H21NO3S/c1-9(8-13(15)10(2)14)11-4-6-12(7-5-11)18(3,16)17/h4-7,9-10,13,15H,8,14H2,1-3H3. The second kappa shape index (κ2) is 5.82. The summed E-state index contributed by atoms with van der Waals surface area (Å²) in [4.78, 5) is 0.311. The van der Waals surface area contributed by atoms with E-state index in [-0.39, 0.29) is 12.0 Å². The molecule has 0 aliphatic heterocycles. The van der Waals surface area contributed by atoms with Crippen LogP contribution in [0.2, 0.25) is 0 Å². The van der Waals surface area contributed by atoms with Gasteiger partial charge >= 0.3 is 0 Å². The van der Waals surface area contributed by atoms with Crippen LogP contribution in [0.4, 0.5) is 0 Å². The van der Waals surface area contributed by atoms with Gasteiger partial charge in [-0.05, 0) is 37.0 Å². The molecule has 18 heavy (non-hydrogen) atoms. The molecule has 0 aliphatic rings. The fourth-order valence-corrected chi connectivity index (χ4v) is 2.39. The number of sulfone groups is 1. The largest absolute Gasteiger partial charge is 0.392 e. The summed E-state index contributed by atoms with van der Waals surface area (Å²) in [6.45, 7) is 3.76. The van der Waals surface area contributed by atoms with Crippen molar-refractivity contribution in [2.75, 3.05) is 6.26 Å². The number of benzene rings is 1. The van der Waals surface area contributed by atoms with Gasteiger partial charge in [-0.15, -0.1) is 0 Å². The highest BCUT2D eigenvalue weighted by Gasteiger charge is 2.16. The summed E-state index contributed by atoms with van der Waals surface area (Å²) in [5.74, 6) is 0.139. The van der Waals surface area contributed by atoms with Gasteiger partial charge in [-0.2, -0.15) is 0 Å². The molecule has 1 rings (SSSR count). The van der Waals surface area contributed by atoms with Crippen LogP contribution in [0.3, 0.4) is 0 Å². The van der Waals surface area contributed by atoms with Crippen molar-refractivity contribution in [3.05, 3.63) is 29.8 Å². The summed E-state index contributed by atoms with van der Waals surface area (Å²) in [7, 11) is -3.15. The lowest BCUT2D eigenvalue weighted by molar-refractivity contribution is 0.134. The van der Waals surface area contributed by atoms with Crippen molar-refractivity contribution in [2.24, 2.45) is 5.73 Å². The first-order valence-electron chi connectivity index (χ1n) is 5.95. The molecule has 0 bridgehead atoms. The van der Waals surface area contributed by atoms with E-state index < -0.39 is 15.9 Å². The Hall–Kier alpha value is -0.910. The lowest BCUT2D eigenvalue weighted by Crippen LogP contribution is -2.32. The normalized spacial score (nSPS) is 17.2. The highest BCUT2D eigenvalue weighted by molar-refractivity contribution is 7.90. The second-order valence-electron chi connectivity index (χ2n) is 4.90. The van der Waals surface area contributed by atoms with Gasteiger partial charge in [0, 0.05) is 12.3 Å². The van der Waals surface area contributed by atoms with Crippen molar-refractivity contribution in [2.45, 2.75) is 43.2 Å². The number of nitrogens with two attached hydrogens (primary N) is 1. The summed E-state index contributed by atoms with van der Waals surface area (Å²) >= 11 is 0. The molecule has 102 valence electrons. The summed E-state index contributed by atoms with van der Waals surface area (Å²) in [5, 5.41) is 9.72. The highest BCUT2D eigenvalue weighted by atomic mass is 32.2. The molecule has 0 saturated heterocycles. The quantitative estimate of drug-likeness (QED) is 0.845. The Balaban J connectivity index is 2.80. The van der Waals surface area contributed by atoms with Crippen LogP contribution in [0.1, 0.15) is 31.7 Å². The Morgan fingerprint density at radius 1 is 1.22 bits per heavy atom. The van der Waals surface area contributed by atoms with Crippen LogP contribution >= 0.6 is 0 Å². The smallest absolute Gasteiger partial charge is 0.175 e. The predicted octanol–water partition coefficient (Wildman–Crippen LogP) is 1.29. The van der Waals surface area contributed by atoms with E-state index in [0.717, 1.165) is 5.56 Å². The molecule has 4 nitrogen and oxygen atoms in total. The van der Waals surface area contributed by atoms with E-state index in [2.05, 4.69) is 0 Å². The summed E-state index contributed by atoms with van der Waals surface area (Å²) in [6, 6.07) is 6.51. The highest BCUT2D eigenvalue weighted by Crippen LogP contribution is 2.22. The average Bonchev–Trinajstić information content (AvgIpc) is 2.27. The van der Waals surface area contributed by atoms with Crippen molar-refractivity contribution >= 4 is 9.84 Å². The molecule has 3 atom stereocenters. The molecule has 1 aromatic carbocycles. The molecule has 0 fully saturated rings. The molecule has 0 aliphatic carbocycles. The van der Waals surface area contributed by atoms with Gasteiger partial charge < -0.3 is 10.8 Å². The maximum absolute atomic E-state index is 11.3. The summed E-state index contributed by atoms with van der Waals surface area (Å²) < 4.78 is 22.6. The minimum Gasteiger partial charge on any atom is -0.392 e. The topological polar surface area (TPSA) is 80.4 Å². The number of rotatable bonds is 5. The van der Waals surface area contributed by atoms with E-state index in [1.165, 1.54) is 6.26 Å². The lowest BCUT2D eigenvalue weighted by Gasteiger charge is -2.19. The van der Waals surface area contributed by atoms with E-state index >= 15 is 0 Å². The van der Waals surface area contributed by atoms with Crippen LogP contribution in [0, 0.1) is 0 Å². The fraction of sp³-hybridized carbons (Fsp3) is 0.538. The zero-order valence-electron chi connectivity index (χ0n) is 11.0. The Bertz CT molecular complexity index is 479. The van der Waals surface area contributed by atoms with Crippen LogP contribution < -0.4 is 5.73 Å². The van der Waals surface area contributed by atoms with Gasteiger partial charge in [-0.3, -0.25) is 0 Å². The molecule has 0 amide bonds. The van der Waals surface area contributed by atoms with Gasteiger partial charge in [-0.1, -0.05) is 19.1 Å². The molecule has 3 N–H and O–H groups in total. The SMILES string of the molecule is CC(CC(O)C(C)N)c1ccc(S(C)(=O)=O)cc1. The first-order valence-corrected chi connectivity index (χ1v) is 7.84. The first kappa shape index (κ1) is 15.1. The van der Waals surface area contributed by atoms with Gasteiger partial charge in [0.1, 0.15) is 0 Å². The number of aliphatic hydroxyl groups is 1. The third-order valence-corrected chi connectivity index (χ3v) is 4.21. The monoisotopic (exact) mass is 271 g/mol. The zero-order valence-corrected chi connectivity index (χ0v) is 11.8. The molecule has 3 unspecified atom stereocenters. The third kappa shape index (κ3) is 4.08. The molecule has 0 radical (unpaired) electrons. The van der Waals surface area contributed by atoms with Gasteiger partial charge in [0.05, 0.1) is 11.0 Å². The van der Waals surface area contributed by atoms with Crippen molar-refractivity contribution < 1.29 is 13.5 Å². The Morgan fingerprint density at radius 2 is 1.72 bits per heavy atom. The van der Waals surface area contributed by atoms with Crippen molar-refractivity contribution in [1.82, 2.24) is 0 Å². The lowest BCUT2D eigenvalue weighted by atomic mass is 9.93. The van der Waals surface area contributed by atoms with Crippen molar-refractivity contribution in [1.29, 1.82) is 0 Å². The Kier molecular flexibility index (Phi) is 4.90. The van der Waals surface area contributed by atoms with E-state index in [1.807, 2.05) is 6.92 Å². The number of hydrogen-bond acceptors (Lipinski definition) is 4. The van der Waals surface area contributed by atoms with Crippen LogP contribution in [0.25, 0.3) is 0 Å². The number of hydrogen-bond donors (Lipinski definition) is 2. The minimum absolute atomic E-state index is 0.139. The molecular weight excluding hydrogens is 250 g/mol. The molecule has 0 spiro atoms. The third-order valence-electron chi connectivity index (χ3n) is 3.08. The van der Waals surface area contributed by atoms with E-state index in [0.29, 0.717) is 11.3 Å². The van der Waals surface area contributed by atoms with E-state index in [1.54, 1.807) is 31.2 Å². The van der Waals surface area contributed by atoms with Gasteiger partial charge in [0.2, 0.25) is 0 Å². The molecule has 5 heteroatoms. The molecular formula is C13H21NO3S. The maximum Gasteiger partial charge on any atom is 0.175 e. The Labute approximate surface area is 109 Å². The Morgan fingerprint density at radius 3 is 2.11 bits per heavy atom. The van der Waals surface area contributed by atoms with Gasteiger partial charge in [0.15, 0.2) is 9.84 Å². The summed E-state index contributed by atoms with van der Waals surface area (Å²) in [5.41, 5.74) is 6.62. The predicted molar refractivity (Wildman–Crippen MR) is 72.2 cm³/mol. The maximum atomic E-state index is 11.3. The minimum atomic E-state index is -3.15. The van der Waals surface area contributed by atoms with Crippen LogP contribution in [-0.2, 0) is 9.84 Å². The molecule has 0 aromatic heterocycles. The molecule has 1 aromatic rings. The van der Waals surface area contributed by atoms with E-state index in [4.69, 9.17) is 5.73 Å². The second-order valence-corrected chi connectivity index (χ2v) is 6.92. The zero-order chi connectivity index (χ0) is 13.9. The average molecular weight is 271 g/mol. The molecule has 0 saturated carbocycles. The van der Waals surface area contributed by atoms with Gasteiger partial charge in [0.25, 0.3) is 0 Å². The van der Waals surface area contributed by atoms with E-state index in [9.17, 15) is 13.5 Å².